The van der Waals surface area contributed by atoms with E-state index in [1.54, 1.807) is 0 Å². The molecule has 1 rings (SSSR count). The molecule has 0 aromatic carbocycles. The SMILES string of the molecule is CC(C)CCCCC(C(=O)OOC(=O)C1(CCCCC(C)C)OO1)C(C)(C)C. The third kappa shape index (κ3) is 8.91. The van der Waals surface area contributed by atoms with Crippen molar-refractivity contribution in [3.8, 4) is 0 Å². The molecule has 0 aromatic rings. The van der Waals surface area contributed by atoms with Crippen LogP contribution in [-0.4, -0.2) is 17.7 Å². The minimum Gasteiger partial charge on any atom is -0.247 e. The van der Waals surface area contributed by atoms with Crippen LogP contribution in [0, 0.1) is 23.2 Å². The van der Waals surface area contributed by atoms with Crippen LogP contribution in [0.5, 0.6) is 0 Å². The van der Waals surface area contributed by atoms with Crippen molar-refractivity contribution in [3.63, 3.8) is 0 Å². The maximum Gasteiger partial charge on any atom is 0.420 e. The van der Waals surface area contributed by atoms with E-state index in [0.717, 1.165) is 38.5 Å². The van der Waals surface area contributed by atoms with Gasteiger partial charge in [0, 0.05) is 6.42 Å². The Kier molecular flexibility index (Phi) is 9.91. The fourth-order valence-corrected chi connectivity index (χ4v) is 3.22. The van der Waals surface area contributed by atoms with Gasteiger partial charge in [0.25, 0.3) is 0 Å². The fourth-order valence-electron chi connectivity index (χ4n) is 3.22. The second-order valence-corrected chi connectivity index (χ2v) is 9.93. The summed E-state index contributed by atoms with van der Waals surface area (Å²) in [6.45, 7) is 14.7. The van der Waals surface area contributed by atoms with Crippen LogP contribution >= 0.6 is 0 Å². The first kappa shape index (κ1) is 24.9. The Morgan fingerprint density at radius 2 is 1.32 bits per heavy atom. The molecule has 0 saturated carbocycles. The van der Waals surface area contributed by atoms with Crippen molar-refractivity contribution in [1.29, 1.82) is 0 Å². The van der Waals surface area contributed by atoms with Gasteiger partial charge in [-0.25, -0.2) is 19.4 Å². The van der Waals surface area contributed by atoms with E-state index in [1.165, 1.54) is 0 Å². The van der Waals surface area contributed by atoms with Gasteiger partial charge < -0.3 is 0 Å². The molecule has 0 spiro atoms. The van der Waals surface area contributed by atoms with Crippen LogP contribution in [0.25, 0.3) is 0 Å². The van der Waals surface area contributed by atoms with Gasteiger partial charge in [0.05, 0.1) is 5.92 Å². The van der Waals surface area contributed by atoms with Gasteiger partial charge in [-0.1, -0.05) is 80.6 Å². The van der Waals surface area contributed by atoms with Gasteiger partial charge in [0.15, 0.2) is 0 Å². The van der Waals surface area contributed by atoms with Crippen molar-refractivity contribution in [1.82, 2.24) is 0 Å². The van der Waals surface area contributed by atoms with Crippen LogP contribution in [0.4, 0.5) is 0 Å². The maximum absolute atomic E-state index is 12.5. The number of rotatable bonds is 12. The normalized spacial score (nSPS) is 16.9. The van der Waals surface area contributed by atoms with E-state index in [-0.39, 0.29) is 11.3 Å². The zero-order valence-corrected chi connectivity index (χ0v) is 18.8. The highest BCUT2D eigenvalue weighted by atomic mass is 17.4. The monoisotopic (exact) mass is 400 g/mol. The van der Waals surface area contributed by atoms with E-state index in [2.05, 4.69) is 27.7 Å². The Bertz CT molecular complexity index is 488. The maximum atomic E-state index is 12.5. The molecule has 164 valence electrons. The van der Waals surface area contributed by atoms with E-state index in [0.29, 0.717) is 24.7 Å². The van der Waals surface area contributed by atoms with E-state index in [9.17, 15) is 9.59 Å². The largest absolute Gasteiger partial charge is 0.420 e. The predicted molar refractivity (Wildman–Crippen MR) is 107 cm³/mol. The van der Waals surface area contributed by atoms with Crippen molar-refractivity contribution in [2.75, 3.05) is 0 Å². The Morgan fingerprint density at radius 1 is 0.821 bits per heavy atom. The molecule has 1 atom stereocenters. The average Bonchev–Trinajstić information content (AvgIpc) is 3.35. The molecule has 0 N–H and O–H groups in total. The molecule has 0 radical (unpaired) electrons. The van der Waals surface area contributed by atoms with Gasteiger partial charge in [0.1, 0.15) is 0 Å². The van der Waals surface area contributed by atoms with Crippen LogP contribution < -0.4 is 0 Å². The van der Waals surface area contributed by atoms with Crippen LogP contribution in [0.2, 0.25) is 0 Å². The summed E-state index contributed by atoms with van der Waals surface area (Å²) >= 11 is 0. The standard InChI is InChI=1S/C22H40O6/c1-16(2)12-8-9-14-18(21(5,6)7)19(23)25-26-20(24)22(27-28-22)15-11-10-13-17(3)4/h16-18H,8-15H2,1-7H3. The molecule has 0 bridgehead atoms. The first-order chi connectivity index (χ1) is 13.0. The molecule has 0 aliphatic carbocycles. The average molecular weight is 401 g/mol. The number of unbranched alkanes of at least 4 members (excludes halogenated alkanes) is 2. The summed E-state index contributed by atoms with van der Waals surface area (Å²) in [6, 6.07) is 0. The zero-order chi connectivity index (χ0) is 21.4. The van der Waals surface area contributed by atoms with Crippen molar-refractivity contribution in [3.05, 3.63) is 0 Å². The predicted octanol–water partition coefficient (Wildman–Crippen LogP) is 5.74. The minimum atomic E-state index is -1.40. The second kappa shape index (κ2) is 11.1. The number of hydrogen-bond acceptors (Lipinski definition) is 6. The summed E-state index contributed by atoms with van der Waals surface area (Å²) in [5.74, 6) is -1.78. The number of hydrogen-bond donors (Lipinski definition) is 0. The fraction of sp³-hybridized carbons (Fsp3) is 0.909. The van der Waals surface area contributed by atoms with Crippen LogP contribution in [-0.2, 0) is 29.1 Å². The highest BCUT2D eigenvalue weighted by Gasteiger charge is 2.59. The Balaban J connectivity index is 2.44. The first-order valence-corrected chi connectivity index (χ1v) is 10.8. The number of carbonyl (C=O) groups excluding carboxylic acids is 2. The quantitative estimate of drug-likeness (QED) is 0.180. The summed E-state index contributed by atoms with van der Waals surface area (Å²) in [5.41, 5.74) is -0.275. The first-order valence-electron chi connectivity index (χ1n) is 10.8. The molecule has 1 saturated heterocycles. The molecule has 1 unspecified atom stereocenters. The lowest BCUT2D eigenvalue weighted by atomic mass is 9.77. The zero-order valence-electron chi connectivity index (χ0n) is 18.8. The van der Waals surface area contributed by atoms with Crippen LogP contribution in [0.1, 0.15) is 99.8 Å². The van der Waals surface area contributed by atoms with Crippen molar-refractivity contribution in [2.24, 2.45) is 23.2 Å². The van der Waals surface area contributed by atoms with Gasteiger partial charge in [-0.05, 0) is 30.1 Å². The Morgan fingerprint density at radius 3 is 1.79 bits per heavy atom. The third-order valence-electron chi connectivity index (χ3n) is 5.19. The number of carbonyl (C=O) groups is 2. The van der Waals surface area contributed by atoms with Crippen molar-refractivity contribution < 1.29 is 29.1 Å². The van der Waals surface area contributed by atoms with Gasteiger partial charge in [-0.15, -0.1) is 0 Å². The molecule has 28 heavy (non-hydrogen) atoms. The lowest BCUT2D eigenvalue weighted by molar-refractivity contribution is -0.269. The van der Waals surface area contributed by atoms with Crippen molar-refractivity contribution >= 4 is 11.9 Å². The van der Waals surface area contributed by atoms with E-state index >= 15 is 0 Å². The molecule has 0 amide bonds. The molecular formula is C22H40O6. The minimum absolute atomic E-state index is 0.275. The summed E-state index contributed by atoms with van der Waals surface area (Å²) in [7, 11) is 0. The lowest BCUT2D eigenvalue weighted by Crippen LogP contribution is -2.33. The molecule has 6 nitrogen and oxygen atoms in total. The molecular weight excluding hydrogens is 360 g/mol. The molecule has 1 aliphatic heterocycles. The van der Waals surface area contributed by atoms with Crippen LogP contribution in [0.3, 0.4) is 0 Å². The summed E-state index contributed by atoms with van der Waals surface area (Å²) in [5, 5.41) is 0. The second-order valence-electron chi connectivity index (χ2n) is 9.93. The molecule has 0 aromatic heterocycles. The summed E-state index contributed by atoms with van der Waals surface area (Å²) in [4.78, 5) is 44.1. The summed E-state index contributed by atoms with van der Waals surface area (Å²) in [6.07, 6.45) is 7.07. The van der Waals surface area contributed by atoms with Crippen molar-refractivity contribution in [2.45, 2.75) is 106 Å². The van der Waals surface area contributed by atoms with Gasteiger partial charge in [-0.3, -0.25) is 0 Å². The van der Waals surface area contributed by atoms with Crippen LogP contribution in [0.15, 0.2) is 0 Å². The van der Waals surface area contributed by atoms with Gasteiger partial charge in [-0.2, -0.15) is 9.78 Å². The Labute approximate surface area is 170 Å². The highest BCUT2D eigenvalue weighted by Crippen LogP contribution is 2.37. The highest BCUT2D eigenvalue weighted by molar-refractivity contribution is 5.80. The smallest absolute Gasteiger partial charge is 0.247 e. The molecule has 1 heterocycles. The Hall–Kier alpha value is -1.14. The third-order valence-corrected chi connectivity index (χ3v) is 5.19. The van der Waals surface area contributed by atoms with Gasteiger partial charge >= 0.3 is 17.7 Å². The molecule has 1 fully saturated rings. The van der Waals surface area contributed by atoms with E-state index < -0.39 is 17.7 Å². The summed E-state index contributed by atoms with van der Waals surface area (Å²) < 4.78 is 0. The molecule has 1 aliphatic rings. The van der Waals surface area contributed by atoms with E-state index in [4.69, 9.17) is 19.6 Å². The van der Waals surface area contributed by atoms with Gasteiger partial charge in [0.2, 0.25) is 0 Å². The topological polar surface area (TPSA) is 77.7 Å². The molecule has 6 heteroatoms. The van der Waals surface area contributed by atoms with E-state index in [1.807, 2.05) is 20.8 Å². The lowest BCUT2D eigenvalue weighted by Gasteiger charge is -2.28.